The first kappa shape index (κ1) is 21.2. The average molecular weight is 397 g/mol. The van der Waals surface area contributed by atoms with Crippen LogP contribution in [0.25, 0.3) is 0 Å². The number of carbonyl (C=O) groups is 1. The fourth-order valence-electron chi connectivity index (χ4n) is 3.96. The van der Waals surface area contributed by atoms with E-state index < -0.39 is 0 Å². The molecule has 1 saturated heterocycles. The summed E-state index contributed by atoms with van der Waals surface area (Å²) in [6.45, 7) is 8.81. The number of methoxy groups -OCH3 is 1. The van der Waals surface area contributed by atoms with Crippen molar-refractivity contribution in [2.24, 2.45) is 5.92 Å². The van der Waals surface area contributed by atoms with Gasteiger partial charge in [0.2, 0.25) is 0 Å². The third-order valence-electron chi connectivity index (χ3n) is 5.56. The van der Waals surface area contributed by atoms with Crippen LogP contribution in [-0.2, 0) is 4.79 Å². The summed E-state index contributed by atoms with van der Waals surface area (Å²) in [7, 11) is 1.69. The van der Waals surface area contributed by atoms with Gasteiger partial charge in [0.1, 0.15) is 5.75 Å². The third kappa shape index (κ3) is 6.23. The van der Waals surface area contributed by atoms with Crippen LogP contribution in [0.2, 0.25) is 0 Å². The van der Waals surface area contributed by atoms with Crippen molar-refractivity contribution in [3.05, 3.63) is 60.2 Å². The predicted molar refractivity (Wildman–Crippen MR) is 118 cm³/mol. The zero-order valence-corrected chi connectivity index (χ0v) is 17.9. The van der Waals surface area contributed by atoms with Gasteiger partial charge in [0.25, 0.3) is 5.91 Å². The van der Waals surface area contributed by atoms with Crippen LogP contribution in [0, 0.1) is 5.92 Å². The van der Waals surface area contributed by atoms with Crippen LogP contribution in [0.1, 0.15) is 31.9 Å². The summed E-state index contributed by atoms with van der Waals surface area (Å²) in [5.41, 5.74) is 2.41. The Balaban J connectivity index is 1.50. The molecule has 0 aromatic heterocycles. The van der Waals surface area contributed by atoms with Crippen LogP contribution in [0.3, 0.4) is 0 Å². The minimum atomic E-state index is 0.0867. The fourth-order valence-corrected chi connectivity index (χ4v) is 3.96. The molecular formula is C24H34N3O2+. The second-order valence-electron chi connectivity index (χ2n) is 8.27. The molecule has 0 saturated carbocycles. The molecular weight excluding hydrogens is 362 g/mol. The molecule has 1 amide bonds. The Hall–Kier alpha value is -2.53. The summed E-state index contributed by atoms with van der Waals surface area (Å²) in [6, 6.07) is 18.6. The lowest BCUT2D eigenvalue weighted by molar-refractivity contribution is -0.892. The summed E-state index contributed by atoms with van der Waals surface area (Å²) >= 11 is 0. The van der Waals surface area contributed by atoms with Gasteiger partial charge in [-0.25, -0.2) is 0 Å². The lowest BCUT2D eigenvalue weighted by Crippen LogP contribution is -3.16. The highest BCUT2D eigenvalue weighted by Gasteiger charge is 2.24. The molecule has 5 heteroatoms. The zero-order chi connectivity index (χ0) is 20.6. The van der Waals surface area contributed by atoms with E-state index in [1.165, 1.54) is 16.2 Å². The van der Waals surface area contributed by atoms with E-state index >= 15 is 0 Å². The third-order valence-corrected chi connectivity index (χ3v) is 5.56. The van der Waals surface area contributed by atoms with Crippen molar-refractivity contribution >= 4 is 11.6 Å². The summed E-state index contributed by atoms with van der Waals surface area (Å²) in [4.78, 5) is 16.5. The van der Waals surface area contributed by atoms with Gasteiger partial charge in [-0.1, -0.05) is 44.2 Å². The monoisotopic (exact) mass is 396 g/mol. The van der Waals surface area contributed by atoms with E-state index in [4.69, 9.17) is 4.74 Å². The molecule has 5 nitrogen and oxygen atoms in total. The van der Waals surface area contributed by atoms with E-state index in [0.717, 1.165) is 38.3 Å². The zero-order valence-electron chi connectivity index (χ0n) is 17.9. The van der Waals surface area contributed by atoms with Crippen molar-refractivity contribution in [1.29, 1.82) is 0 Å². The molecule has 2 aromatic rings. The van der Waals surface area contributed by atoms with E-state index in [-0.39, 0.29) is 11.9 Å². The van der Waals surface area contributed by atoms with Crippen LogP contribution < -0.4 is 19.9 Å². The number of piperazine rings is 1. The molecule has 0 bridgehead atoms. The maximum absolute atomic E-state index is 12.7. The van der Waals surface area contributed by atoms with E-state index in [1.807, 2.05) is 30.3 Å². The normalized spacial score (nSPS) is 15.9. The van der Waals surface area contributed by atoms with Gasteiger partial charge in [-0.3, -0.25) is 4.79 Å². The summed E-state index contributed by atoms with van der Waals surface area (Å²) < 4.78 is 5.24. The molecule has 0 unspecified atom stereocenters. The van der Waals surface area contributed by atoms with E-state index in [9.17, 15) is 4.79 Å². The summed E-state index contributed by atoms with van der Waals surface area (Å²) in [5, 5.41) is 3.28. The van der Waals surface area contributed by atoms with E-state index in [0.29, 0.717) is 12.5 Å². The topological polar surface area (TPSA) is 46.0 Å². The van der Waals surface area contributed by atoms with Crippen molar-refractivity contribution in [3.8, 4) is 5.75 Å². The number of amides is 1. The van der Waals surface area contributed by atoms with Crippen LogP contribution in [0.5, 0.6) is 5.75 Å². The molecule has 1 aliphatic rings. The van der Waals surface area contributed by atoms with Crippen LogP contribution >= 0.6 is 0 Å². The minimum Gasteiger partial charge on any atom is -0.497 e. The largest absolute Gasteiger partial charge is 0.497 e. The number of carbonyl (C=O) groups excluding carboxylic acids is 1. The Morgan fingerprint density at radius 1 is 1.07 bits per heavy atom. The van der Waals surface area contributed by atoms with Crippen LogP contribution in [0.4, 0.5) is 5.69 Å². The van der Waals surface area contributed by atoms with E-state index in [1.54, 1.807) is 7.11 Å². The second-order valence-corrected chi connectivity index (χ2v) is 8.27. The molecule has 0 spiro atoms. The molecule has 1 aliphatic heterocycles. The van der Waals surface area contributed by atoms with Gasteiger partial charge in [0, 0.05) is 5.69 Å². The van der Waals surface area contributed by atoms with Gasteiger partial charge in [-0.2, -0.15) is 0 Å². The quantitative estimate of drug-likeness (QED) is 0.720. The van der Waals surface area contributed by atoms with Crippen molar-refractivity contribution in [2.45, 2.75) is 26.3 Å². The van der Waals surface area contributed by atoms with Crippen molar-refractivity contribution in [1.82, 2.24) is 5.32 Å². The molecule has 2 aromatic carbocycles. The molecule has 0 aliphatic carbocycles. The maximum atomic E-state index is 12.7. The molecule has 2 N–H and O–H groups in total. The maximum Gasteiger partial charge on any atom is 0.275 e. The first-order valence-corrected chi connectivity index (χ1v) is 10.6. The Morgan fingerprint density at radius 2 is 1.72 bits per heavy atom. The molecule has 29 heavy (non-hydrogen) atoms. The van der Waals surface area contributed by atoms with Gasteiger partial charge >= 0.3 is 0 Å². The van der Waals surface area contributed by atoms with Gasteiger partial charge in [0.05, 0.1) is 39.3 Å². The number of ether oxygens (including phenoxy) is 1. The van der Waals surface area contributed by atoms with Crippen molar-refractivity contribution < 1.29 is 14.4 Å². The number of quaternary nitrogens is 1. The highest BCUT2D eigenvalue weighted by atomic mass is 16.5. The molecule has 3 rings (SSSR count). The van der Waals surface area contributed by atoms with Crippen molar-refractivity contribution in [2.75, 3.05) is 44.7 Å². The van der Waals surface area contributed by atoms with Crippen molar-refractivity contribution in [3.63, 3.8) is 0 Å². The number of hydrogen-bond acceptors (Lipinski definition) is 3. The molecule has 1 atom stereocenters. The standard InChI is InChI=1S/C24H33N3O2/c1-19(2)17-23(20-7-5-4-6-8-20)25-24(28)18-26-13-15-27(16-14-26)21-9-11-22(29-3)12-10-21/h4-12,19,23H,13-18H2,1-3H3,(H,25,28)/p+1/t23-/m0/s1. The summed E-state index contributed by atoms with van der Waals surface area (Å²) in [6.07, 6.45) is 0.955. The average Bonchev–Trinajstić information content (AvgIpc) is 2.74. The highest BCUT2D eigenvalue weighted by molar-refractivity contribution is 5.77. The minimum absolute atomic E-state index is 0.0867. The molecule has 156 valence electrons. The number of benzene rings is 2. The molecule has 0 radical (unpaired) electrons. The Kier molecular flexibility index (Phi) is 7.53. The number of nitrogens with zero attached hydrogens (tertiary/aromatic N) is 1. The van der Waals surface area contributed by atoms with Gasteiger partial charge in [-0.05, 0) is 42.2 Å². The van der Waals surface area contributed by atoms with Gasteiger partial charge in [0.15, 0.2) is 6.54 Å². The SMILES string of the molecule is COc1ccc(N2CC[NH+](CC(=O)N[C@@H](CC(C)C)c3ccccc3)CC2)cc1. The number of anilines is 1. The van der Waals surface area contributed by atoms with Crippen LogP contribution in [0.15, 0.2) is 54.6 Å². The molecule has 1 fully saturated rings. The number of nitrogens with one attached hydrogen (secondary N) is 2. The predicted octanol–water partition coefficient (Wildman–Crippen LogP) is 2.30. The second kappa shape index (κ2) is 10.3. The van der Waals surface area contributed by atoms with E-state index in [2.05, 4.69) is 48.3 Å². The van der Waals surface area contributed by atoms with Gasteiger partial charge < -0.3 is 19.9 Å². The Labute approximate surface area is 174 Å². The smallest absolute Gasteiger partial charge is 0.275 e. The van der Waals surface area contributed by atoms with Crippen LogP contribution in [-0.4, -0.2) is 45.7 Å². The molecule has 1 heterocycles. The Bertz CT molecular complexity index is 753. The number of hydrogen-bond donors (Lipinski definition) is 2. The Morgan fingerprint density at radius 3 is 2.31 bits per heavy atom. The summed E-state index contributed by atoms with van der Waals surface area (Å²) in [5.74, 6) is 1.55. The number of rotatable bonds is 8. The fraction of sp³-hybridized carbons (Fsp3) is 0.458. The first-order chi connectivity index (χ1) is 14.0. The van der Waals surface area contributed by atoms with Gasteiger partial charge in [-0.15, -0.1) is 0 Å². The highest BCUT2D eigenvalue weighted by Crippen LogP contribution is 2.21. The first-order valence-electron chi connectivity index (χ1n) is 10.6. The lowest BCUT2D eigenvalue weighted by atomic mass is 9.97. The lowest BCUT2D eigenvalue weighted by Gasteiger charge is -2.33.